The molecule has 0 bridgehead atoms. The van der Waals surface area contributed by atoms with Gasteiger partial charge in [-0.15, -0.1) is 0 Å². The van der Waals surface area contributed by atoms with Crippen LogP contribution in [0.1, 0.15) is 15.9 Å². The monoisotopic (exact) mass is 260 g/mol. The van der Waals surface area contributed by atoms with Crippen LogP contribution in [0.5, 0.6) is 0 Å². The maximum absolute atomic E-state index is 14.0. The topological polar surface area (TPSA) is 61.4 Å². The van der Waals surface area contributed by atoms with Crippen LogP contribution >= 0.6 is 0 Å². The van der Waals surface area contributed by atoms with E-state index >= 15 is 0 Å². The van der Waals surface area contributed by atoms with Gasteiger partial charge < -0.3 is 15.7 Å². The number of carbonyl (C=O) groups is 1. The number of hydrogen-bond acceptors (Lipinski definition) is 3. The minimum Gasteiger partial charge on any atom is -0.478 e. The largest absolute Gasteiger partial charge is 0.478 e. The van der Waals surface area contributed by atoms with E-state index in [4.69, 9.17) is 5.11 Å². The van der Waals surface area contributed by atoms with Gasteiger partial charge in [0, 0.05) is 18.8 Å². The zero-order chi connectivity index (χ0) is 13.8. The molecule has 0 fully saturated rings. The molecule has 0 radical (unpaired) electrons. The summed E-state index contributed by atoms with van der Waals surface area (Å²) in [5.74, 6) is -1.73. The first-order chi connectivity index (χ1) is 9.13. The fourth-order valence-electron chi connectivity index (χ4n) is 1.81. The third-order valence-corrected chi connectivity index (χ3v) is 2.71. The van der Waals surface area contributed by atoms with Crippen molar-refractivity contribution in [3.05, 3.63) is 65.3 Å². The van der Waals surface area contributed by atoms with E-state index in [1.165, 1.54) is 12.1 Å². The highest BCUT2D eigenvalue weighted by Crippen LogP contribution is 2.21. The SMILES string of the molecule is CN/C(=C1/C=CC=CN1)c1ccc(C(=O)O)cc1F. The third kappa shape index (κ3) is 2.65. The van der Waals surface area contributed by atoms with Gasteiger partial charge in [-0.05, 0) is 30.4 Å². The lowest BCUT2D eigenvalue weighted by molar-refractivity contribution is 0.0696. The molecule has 0 unspecified atom stereocenters. The van der Waals surface area contributed by atoms with E-state index in [0.717, 1.165) is 6.07 Å². The molecule has 0 atom stereocenters. The summed E-state index contributed by atoms with van der Waals surface area (Å²) in [7, 11) is 1.68. The lowest BCUT2D eigenvalue weighted by atomic mass is 10.1. The normalized spacial score (nSPS) is 15.9. The fraction of sp³-hybridized carbons (Fsp3) is 0.0714. The number of halogens is 1. The quantitative estimate of drug-likeness (QED) is 0.778. The molecule has 1 aromatic rings. The molecule has 0 saturated heterocycles. The lowest BCUT2D eigenvalue weighted by Crippen LogP contribution is -2.16. The lowest BCUT2D eigenvalue weighted by Gasteiger charge is -2.15. The summed E-state index contributed by atoms with van der Waals surface area (Å²) in [6.07, 6.45) is 7.18. The van der Waals surface area contributed by atoms with E-state index < -0.39 is 11.8 Å². The molecular formula is C14H13FN2O2. The highest BCUT2D eigenvalue weighted by molar-refractivity contribution is 5.88. The molecule has 1 aromatic carbocycles. The van der Waals surface area contributed by atoms with Crippen molar-refractivity contribution < 1.29 is 14.3 Å². The zero-order valence-corrected chi connectivity index (χ0v) is 10.3. The Bertz CT molecular complexity index is 603. The van der Waals surface area contributed by atoms with E-state index in [-0.39, 0.29) is 5.56 Å². The minimum absolute atomic E-state index is 0.0752. The molecule has 1 aliphatic rings. The minimum atomic E-state index is -1.15. The number of carboxylic acid groups (broad SMARTS) is 1. The van der Waals surface area contributed by atoms with Crippen molar-refractivity contribution in [2.45, 2.75) is 0 Å². The first-order valence-electron chi connectivity index (χ1n) is 5.68. The number of carboxylic acids is 1. The molecule has 5 heteroatoms. The maximum Gasteiger partial charge on any atom is 0.335 e. The van der Waals surface area contributed by atoms with Gasteiger partial charge in [0.2, 0.25) is 0 Å². The molecule has 1 heterocycles. The Morgan fingerprint density at radius 1 is 1.37 bits per heavy atom. The molecule has 0 saturated carbocycles. The number of nitrogens with one attached hydrogen (secondary N) is 2. The van der Waals surface area contributed by atoms with Crippen molar-refractivity contribution >= 4 is 11.7 Å². The second-order valence-electron chi connectivity index (χ2n) is 3.90. The van der Waals surface area contributed by atoms with Crippen LogP contribution in [0.25, 0.3) is 5.70 Å². The Hall–Kier alpha value is -2.56. The number of benzene rings is 1. The van der Waals surface area contributed by atoms with E-state index in [1.54, 1.807) is 19.3 Å². The average Bonchev–Trinajstić information content (AvgIpc) is 2.42. The molecular weight excluding hydrogens is 247 g/mol. The van der Waals surface area contributed by atoms with Crippen LogP contribution in [0.4, 0.5) is 4.39 Å². The van der Waals surface area contributed by atoms with Crippen molar-refractivity contribution in [2.24, 2.45) is 0 Å². The van der Waals surface area contributed by atoms with E-state index in [0.29, 0.717) is 17.0 Å². The standard InChI is InChI=1S/C14H13FN2O2/c1-16-13(12-4-2-3-7-17-12)10-6-5-9(14(18)19)8-11(10)15/h2-8,16-17H,1H3,(H,18,19)/b13-12-. The van der Waals surface area contributed by atoms with Crippen molar-refractivity contribution in [1.29, 1.82) is 0 Å². The van der Waals surface area contributed by atoms with Gasteiger partial charge in [0.25, 0.3) is 0 Å². The first kappa shape index (κ1) is 12.9. The molecule has 1 aliphatic heterocycles. The summed E-state index contributed by atoms with van der Waals surface area (Å²) < 4.78 is 14.0. The molecule has 3 N–H and O–H groups in total. The number of dihydropyridines is 1. The van der Waals surface area contributed by atoms with E-state index in [9.17, 15) is 9.18 Å². The van der Waals surface area contributed by atoms with Crippen molar-refractivity contribution in [1.82, 2.24) is 10.6 Å². The Morgan fingerprint density at radius 2 is 2.16 bits per heavy atom. The number of aromatic carboxylic acids is 1. The molecule has 0 aliphatic carbocycles. The molecule has 0 aromatic heterocycles. The maximum atomic E-state index is 14.0. The van der Waals surface area contributed by atoms with Crippen molar-refractivity contribution in [3.63, 3.8) is 0 Å². The highest BCUT2D eigenvalue weighted by atomic mass is 19.1. The zero-order valence-electron chi connectivity index (χ0n) is 10.3. The molecule has 0 amide bonds. The summed E-state index contributed by atoms with van der Waals surface area (Å²) in [5, 5.41) is 14.7. The van der Waals surface area contributed by atoms with Crippen LogP contribution in [0.3, 0.4) is 0 Å². The Kier molecular flexibility index (Phi) is 3.66. The second kappa shape index (κ2) is 5.39. The summed E-state index contributed by atoms with van der Waals surface area (Å²) in [6.45, 7) is 0. The fourth-order valence-corrected chi connectivity index (χ4v) is 1.81. The van der Waals surface area contributed by atoms with Gasteiger partial charge in [-0.2, -0.15) is 0 Å². The number of hydrogen-bond donors (Lipinski definition) is 3. The van der Waals surface area contributed by atoms with Gasteiger partial charge in [-0.3, -0.25) is 0 Å². The number of rotatable bonds is 3. The third-order valence-electron chi connectivity index (χ3n) is 2.71. The van der Waals surface area contributed by atoms with Crippen molar-refractivity contribution in [3.8, 4) is 0 Å². The molecule has 0 spiro atoms. The van der Waals surface area contributed by atoms with Gasteiger partial charge >= 0.3 is 5.97 Å². The van der Waals surface area contributed by atoms with Gasteiger partial charge in [-0.1, -0.05) is 6.08 Å². The molecule has 98 valence electrons. The van der Waals surface area contributed by atoms with Crippen LogP contribution < -0.4 is 10.6 Å². The van der Waals surface area contributed by atoms with E-state index in [2.05, 4.69) is 10.6 Å². The summed E-state index contributed by atoms with van der Waals surface area (Å²) in [6, 6.07) is 3.84. The molecule has 4 nitrogen and oxygen atoms in total. The summed E-state index contributed by atoms with van der Waals surface area (Å²) in [5.41, 5.74) is 1.52. The Labute approximate surface area is 109 Å². The van der Waals surface area contributed by atoms with Crippen LogP contribution in [-0.4, -0.2) is 18.1 Å². The predicted octanol–water partition coefficient (Wildman–Crippen LogP) is 2.08. The molecule has 2 rings (SSSR count). The Morgan fingerprint density at radius 3 is 2.68 bits per heavy atom. The van der Waals surface area contributed by atoms with Crippen LogP contribution in [-0.2, 0) is 0 Å². The van der Waals surface area contributed by atoms with Crippen LogP contribution in [0, 0.1) is 5.82 Å². The summed E-state index contributed by atoms with van der Waals surface area (Å²) in [4.78, 5) is 10.8. The predicted molar refractivity (Wildman–Crippen MR) is 70.8 cm³/mol. The first-order valence-corrected chi connectivity index (χ1v) is 5.68. The second-order valence-corrected chi connectivity index (χ2v) is 3.90. The molecule has 19 heavy (non-hydrogen) atoms. The smallest absolute Gasteiger partial charge is 0.335 e. The van der Waals surface area contributed by atoms with Crippen LogP contribution in [0.15, 0.2) is 48.3 Å². The van der Waals surface area contributed by atoms with Gasteiger partial charge in [-0.25, -0.2) is 9.18 Å². The van der Waals surface area contributed by atoms with Gasteiger partial charge in [0.05, 0.1) is 17.0 Å². The van der Waals surface area contributed by atoms with Crippen molar-refractivity contribution in [2.75, 3.05) is 7.05 Å². The highest BCUT2D eigenvalue weighted by Gasteiger charge is 2.14. The average molecular weight is 260 g/mol. The van der Waals surface area contributed by atoms with Gasteiger partial charge in [0.15, 0.2) is 0 Å². The van der Waals surface area contributed by atoms with Crippen LogP contribution in [0.2, 0.25) is 0 Å². The number of allylic oxidation sites excluding steroid dienone is 3. The van der Waals surface area contributed by atoms with Gasteiger partial charge in [0.1, 0.15) is 5.82 Å². The Balaban J connectivity index is 2.48. The van der Waals surface area contributed by atoms with E-state index in [1.807, 2.05) is 12.2 Å². The summed E-state index contributed by atoms with van der Waals surface area (Å²) >= 11 is 0.